The van der Waals surface area contributed by atoms with Gasteiger partial charge in [-0.3, -0.25) is 4.72 Å². The van der Waals surface area contributed by atoms with Crippen molar-refractivity contribution < 1.29 is 16.8 Å². The number of anilines is 1. The quantitative estimate of drug-likeness (QED) is 0.721. The molecule has 0 fully saturated rings. The average Bonchev–Trinajstić information content (AvgIpc) is 3.07. The van der Waals surface area contributed by atoms with Gasteiger partial charge >= 0.3 is 0 Å². The summed E-state index contributed by atoms with van der Waals surface area (Å²) in [6.45, 7) is 0.141. The van der Waals surface area contributed by atoms with Crippen molar-refractivity contribution in [3.63, 3.8) is 0 Å². The lowest BCUT2D eigenvalue weighted by molar-refractivity contribution is 0.600. The fourth-order valence-electron chi connectivity index (χ4n) is 2.67. The van der Waals surface area contributed by atoms with Crippen molar-refractivity contribution in [3.8, 4) is 11.1 Å². The number of hydrogen-bond acceptors (Lipinski definition) is 7. The predicted molar refractivity (Wildman–Crippen MR) is 107 cm³/mol. The van der Waals surface area contributed by atoms with Crippen LogP contribution in [-0.2, 0) is 19.9 Å². The molecule has 0 spiro atoms. The fraction of sp³-hybridized carbons (Fsp3) is 0.188. The van der Waals surface area contributed by atoms with E-state index in [4.69, 9.17) is 0 Å². The van der Waals surface area contributed by atoms with Crippen molar-refractivity contribution in [3.05, 3.63) is 46.4 Å². The van der Waals surface area contributed by atoms with Crippen LogP contribution in [0.2, 0.25) is 0 Å². The van der Waals surface area contributed by atoms with Gasteiger partial charge in [0.25, 0.3) is 0 Å². The molecular weight excluding hydrogens is 456 g/mol. The first-order chi connectivity index (χ1) is 12.6. The van der Waals surface area contributed by atoms with Crippen LogP contribution in [0.1, 0.15) is 5.56 Å². The first-order valence-corrected chi connectivity index (χ1v) is 12.2. The lowest BCUT2D eigenvalue weighted by atomic mass is 9.98. The minimum Gasteiger partial charge on any atom is -0.284 e. The maximum absolute atomic E-state index is 12.4. The molecule has 1 heterocycles. The summed E-state index contributed by atoms with van der Waals surface area (Å²) in [5.74, 6) is 0.241. The Bertz CT molecular complexity index is 1170. The van der Waals surface area contributed by atoms with Crippen LogP contribution in [0.15, 0.2) is 61.0 Å². The third-order valence-electron chi connectivity index (χ3n) is 3.65. The zero-order chi connectivity index (χ0) is 19.8. The Kier molecular flexibility index (Phi) is 5.19. The van der Waals surface area contributed by atoms with Gasteiger partial charge < -0.3 is 0 Å². The van der Waals surface area contributed by atoms with E-state index in [-0.39, 0.29) is 17.4 Å². The second-order valence-electron chi connectivity index (χ2n) is 5.89. The molecule has 0 radical (unpaired) electrons. The number of benzene rings is 2. The number of hydrogen-bond donors (Lipinski definition) is 1. The standard InChI is InChI=1S/C16H15BrN4O4S2/c1-26(22,23)15-13(17)8-7-12(14(15)16-18-9-19-20-16)10-3-5-11(6-4-10)21-27(2,24)25/h3-8,21H,9H2,1-2H3. The van der Waals surface area contributed by atoms with E-state index in [0.717, 1.165) is 12.5 Å². The van der Waals surface area contributed by atoms with Crippen molar-refractivity contribution in [1.82, 2.24) is 0 Å². The normalized spacial score (nSPS) is 14.3. The molecule has 0 saturated heterocycles. The van der Waals surface area contributed by atoms with Gasteiger partial charge in [0.2, 0.25) is 10.0 Å². The zero-order valence-corrected chi connectivity index (χ0v) is 17.6. The van der Waals surface area contributed by atoms with E-state index in [1.54, 1.807) is 36.4 Å². The minimum atomic E-state index is -3.59. The molecule has 0 saturated carbocycles. The van der Waals surface area contributed by atoms with Crippen molar-refractivity contribution in [1.29, 1.82) is 0 Å². The Morgan fingerprint density at radius 3 is 2.19 bits per heavy atom. The molecule has 11 heteroatoms. The Morgan fingerprint density at radius 1 is 1.00 bits per heavy atom. The molecule has 2 aromatic carbocycles. The van der Waals surface area contributed by atoms with Gasteiger partial charge in [0.05, 0.1) is 11.2 Å². The molecule has 27 heavy (non-hydrogen) atoms. The molecular formula is C16H15BrN4O4S2. The smallest absolute Gasteiger partial charge is 0.229 e. The molecule has 0 bridgehead atoms. The van der Waals surface area contributed by atoms with E-state index >= 15 is 0 Å². The summed E-state index contributed by atoms with van der Waals surface area (Å²) >= 11 is 3.30. The predicted octanol–water partition coefficient (Wildman–Crippen LogP) is 3.06. The highest BCUT2D eigenvalue weighted by Crippen LogP contribution is 2.36. The van der Waals surface area contributed by atoms with Crippen LogP contribution in [-0.4, -0.2) is 41.9 Å². The van der Waals surface area contributed by atoms with E-state index in [2.05, 4.69) is 35.9 Å². The first-order valence-electron chi connectivity index (χ1n) is 7.59. The van der Waals surface area contributed by atoms with Gasteiger partial charge in [0.1, 0.15) is 0 Å². The van der Waals surface area contributed by atoms with Gasteiger partial charge in [-0.15, -0.1) is 5.11 Å². The molecule has 3 rings (SSSR count). The summed E-state index contributed by atoms with van der Waals surface area (Å²) in [7, 11) is -6.97. The zero-order valence-electron chi connectivity index (χ0n) is 14.3. The molecule has 0 amide bonds. The number of halogens is 1. The number of azo groups is 1. The number of amidine groups is 1. The summed E-state index contributed by atoms with van der Waals surface area (Å²) < 4.78 is 50.3. The van der Waals surface area contributed by atoms with E-state index in [1.807, 2.05) is 0 Å². The average molecular weight is 471 g/mol. The van der Waals surface area contributed by atoms with Crippen molar-refractivity contribution >= 4 is 47.3 Å². The number of sulfone groups is 1. The summed E-state index contributed by atoms with van der Waals surface area (Å²) in [5.41, 5.74) is 2.05. The fourth-order valence-corrected chi connectivity index (χ4v) is 5.44. The SMILES string of the molecule is CS(=O)(=O)Nc1ccc(-c2ccc(Br)c(S(C)(=O)=O)c2C2=NCN=N2)cc1. The van der Waals surface area contributed by atoms with Crippen LogP contribution in [0, 0.1) is 0 Å². The molecule has 1 aliphatic rings. The van der Waals surface area contributed by atoms with E-state index < -0.39 is 19.9 Å². The van der Waals surface area contributed by atoms with E-state index in [1.165, 1.54) is 0 Å². The molecule has 0 aromatic heterocycles. The van der Waals surface area contributed by atoms with Crippen molar-refractivity contribution in [2.45, 2.75) is 4.90 Å². The monoisotopic (exact) mass is 470 g/mol. The van der Waals surface area contributed by atoms with Crippen LogP contribution in [0.4, 0.5) is 5.69 Å². The van der Waals surface area contributed by atoms with Gasteiger partial charge in [-0.1, -0.05) is 18.2 Å². The van der Waals surface area contributed by atoms with Gasteiger partial charge in [-0.2, -0.15) is 5.11 Å². The summed E-state index contributed by atoms with van der Waals surface area (Å²) in [4.78, 5) is 4.26. The molecule has 1 N–H and O–H groups in total. The Morgan fingerprint density at radius 2 is 1.67 bits per heavy atom. The third kappa shape index (κ3) is 4.42. The highest BCUT2D eigenvalue weighted by Gasteiger charge is 2.26. The van der Waals surface area contributed by atoms with Crippen LogP contribution in [0.25, 0.3) is 11.1 Å². The van der Waals surface area contributed by atoms with Gasteiger partial charge in [-0.25, -0.2) is 21.8 Å². The van der Waals surface area contributed by atoms with Gasteiger partial charge in [-0.05, 0) is 45.3 Å². The molecule has 0 aliphatic carbocycles. The van der Waals surface area contributed by atoms with Crippen molar-refractivity contribution in [2.24, 2.45) is 15.2 Å². The maximum atomic E-state index is 12.4. The second-order valence-corrected chi connectivity index (χ2v) is 10.4. The minimum absolute atomic E-state index is 0.0814. The summed E-state index contributed by atoms with van der Waals surface area (Å²) in [5, 5.41) is 7.79. The highest BCUT2D eigenvalue weighted by atomic mass is 79.9. The lowest BCUT2D eigenvalue weighted by Crippen LogP contribution is -2.10. The summed E-state index contributed by atoms with van der Waals surface area (Å²) in [6, 6.07) is 9.98. The number of nitrogens with zero attached hydrogens (tertiary/aromatic N) is 3. The van der Waals surface area contributed by atoms with Crippen LogP contribution in [0.5, 0.6) is 0 Å². The topological polar surface area (TPSA) is 117 Å². The Hall–Kier alpha value is -2.11. The molecule has 8 nitrogen and oxygen atoms in total. The Labute approximate surface area is 165 Å². The largest absolute Gasteiger partial charge is 0.284 e. The van der Waals surface area contributed by atoms with Gasteiger partial charge in [0, 0.05) is 22.0 Å². The lowest BCUT2D eigenvalue weighted by Gasteiger charge is -2.15. The molecule has 2 aromatic rings. The van der Waals surface area contributed by atoms with Crippen molar-refractivity contribution in [2.75, 3.05) is 23.9 Å². The van der Waals surface area contributed by atoms with E-state index in [0.29, 0.717) is 26.9 Å². The second kappa shape index (κ2) is 7.13. The maximum Gasteiger partial charge on any atom is 0.229 e. The van der Waals surface area contributed by atoms with Crippen LogP contribution in [0.3, 0.4) is 0 Å². The van der Waals surface area contributed by atoms with Crippen LogP contribution >= 0.6 is 15.9 Å². The molecule has 142 valence electrons. The third-order valence-corrected chi connectivity index (χ3v) is 6.35. The molecule has 0 unspecified atom stereocenters. The Balaban J connectivity index is 2.20. The summed E-state index contributed by atoms with van der Waals surface area (Å²) in [6.07, 6.45) is 2.18. The highest BCUT2D eigenvalue weighted by molar-refractivity contribution is 9.10. The molecule has 0 atom stereocenters. The number of aliphatic imine (C=N–C) groups is 1. The first kappa shape index (κ1) is 19.6. The number of sulfonamides is 1. The number of rotatable bonds is 5. The van der Waals surface area contributed by atoms with Gasteiger partial charge in [0.15, 0.2) is 22.3 Å². The van der Waals surface area contributed by atoms with E-state index in [9.17, 15) is 16.8 Å². The van der Waals surface area contributed by atoms with Crippen LogP contribution < -0.4 is 4.72 Å². The molecule has 1 aliphatic heterocycles. The number of nitrogens with one attached hydrogen (secondary N) is 1.